The van der Waals surface area contributed by atoms with Crippen molar-refractivity contribution in [1.29, 1.82) is 0 Å². The summed E-state index contributed by atoms with van der Waals surface area (Å²) in [6.45, 7) is 11.7. The predicted molar refractivity (Wildman–Crippen MR) is 182 cm³/mol. The minimum atomic E-state index is -0.252. The van der Waals surface area contributed by atoms with Crippen molar-refractivity contribution < 1.29 is 4.79 Å². The third-order valence-electron chi connectivity index (χ3n) is 10.5. The van der Waals surface area contributed by atoms with Crippen LogP contribution < -0.4 is 5.56 Å². The maximum atomic E-state index is 13.9. The number of aryl methyl sites for hydroxylation is 1. The summed E-state index contributed by atoms with van der Waals surface area (Å²) in [5, 5.41) is 0. The minimum absolute atomic E-state index is 0.0743. The molecule has 6 rings (SSSR count). The predicted octanol–water partition coefficient (Wildman–Crippen LogP) is 6.96. The van der Waals surface area contributed by atoms with Crippen molar-refractivity contribution >= 4 is 11.5 Å². The number of allylic oxidation sites excluding steroid dienone is 1. The zero-order valence-corrected chi connectivity index (χ0v) is 28.3. The van der Waals surface area contributed by atoms with Crippen molar-refractivity contribution in [1.82, 2.24) is 24.5 Å². The van der Waals surface area contributed by atoms with Gasteiger partial charge in [0.05, 0.1) is 41.5 Å². The molecular weight excluding hydrogens is 572 g/mol. The van der Waals surface area contributed by atoms with Crippen LogP contribution >= 0.6 is 0 Å². The topological polar surface area (TPSA) is 103 Å². The van der Waals surface area contributed by atoms with Gasteiger partial charge in [-0.25, -0.2) is 9.97 Å². The van der Waals surface area contributed by atoms with Gasteiger partial charge < -0.3 is 4.57 Å². The van der Waals surface area contributed by atoms with Gasteiger partial charge in [0, 0.05) is 55.7 Å². The van der Waals surface area contributed by atoms with Crippen LogP contribution in [0.25, 0.3) is 11.3 Å². The van der Waals surface area contributed by atoms with Gasteiger partial charge in [-0.1, -0.05) is 33.8 Å². The van der Waals surface area contributed by atoms with E-state index in [0.717, 1.165) is 72.6 Å². The number of hydrogen-bond donors (Lipinski definition) is 0. The number of carbonyl (C=O) groups excluding carboxylic acids is 1. The number of rotatable bonds is 10. The van der Waals surface area contributed by atoms with Crippen LogP contribution in [0.4, 0.5) is 0 Å². The van der Waals surface area contributed by atoms with Crippen molar-refractivity contribution in [2.45, 2.75) is 104 Å². The average molecular weight is 621 g/mol. The molecule has 1 unspecified atom stereocenters. The first kappa shape index (κ1) is 32.1. The van der Waals surface area contributed by atoms with Crippen LogP contribution in [0.15, 0.2) is 58.4 Å². The first-order valence-corrected chi connectivity index (χ1v) is 17.0. The molecule has 2 fully saturated rings. The van der Waals surface area contributed by atoms with Gasteiger partial charge in [-0.15, -0.1) is 0 Å². The fourth-order valence-corrected chi connectivity index (χ4v) is 7.06. The molecule has 0 bridgehead atoms. The van der Waals surface area contributed by atoms with Gasteiger partial charge in [-0.3, -0.25) is 24.5 Å². The molecule has 0 spiro atoms. The van der Waals surface area contributed by atoms with Crippen LogP contribution in [0.1, 0.15) is 115 Å². The van der Waals surface area contributed by atoms with E-state index in [2.05, 4.69) is 45.7 Å². The molecule has 0 aromatic carbocycles. The van der Waals surface area contributed by atoms with Crippen LogP contribution in [0.5, 0.6) is 0 Å². The maximum absolute atomic E-state index is 13.9. The van der Waals surface area contributed by atoms with Crippen molar-refractivity contribution in [3.8, 4) is 11.3 Å². The molecule has 8 heteroatoms. The number of aliphatic imine (C=N–C) groups is 1. The Morgan fingerprint density at radius 3 is 2.43 bits per heavy atom. The van der Waals surface area contributed by atoms with Crippen molar-refractivity contribution in [2.75, 3.05) is 6.54 Å². The van der Waals surface area contributed by atoms with E-state index in [1.165, 1.54) is 23.0 Å². The fourth-order valence-electron chi connectivity index (χ4n) is 7.06. The molecule has 0 N–H and O–H groups in total. The second-order valence-electron chi connectivity index (χ2n) is 15.3. The highest BCUT2D eigenvalue weighted by atomic mass is 16.1. The Morgan fingerprint density at radius 2 is 1.83 bits per heavy atom. The molecule has 3 aliphatic rings. The van der Waals surface area contributed by atoms with E-state index in [9.17, 15) is 9.59 Å². The molecule has 1 atom stereocenters. The van der Waals surface area contributed by atoms with Gasteiger partial charge >= 0.3 is 0 Å². The number of nitrogens with zero attached hydrogens (tertiary/aromatic N) is 6. The van der Waals surface area contributed by atoms with E-state index >= 15 is 0 Å². The Morgan fingerprint density at radius 1 is 1.07 bits per heavy atom. The number of Topliss-reactive ketones (excluding diaryl/α,β-unsaturated/α-hetero) is 1. The number of hydrogen-bond acceptors (Lipinski definition) is 7. The van der Waals surface area contributed by atoms with Crippen LogP contribution in [0.2, 0.25) is 0 Å². The summed E-state index contributed by atoms with van der Waals surface area (Å²) in [6, 6.07) is 3.44. The highest BCUT2D eigenvalue weighted by molar-refractivity contribution is 6.13. The second kappa shape index (κ2) is 12.8. The van der Waals surface area contributed by atoms with Crippen molar-refractivity contribution in [2.24, 2.45) is 29.3 Å². The molecule has 4 heterocycles. The van der Waals surface area contributed by atoms with E-state index in [4.69, 9.17) is 19.9 Å². The van der Waals surface area contributed by atoms with Crippen molar-refractivity contribution in [3.63, 3.8) is 0 Å². The monoisotopic (exact) mass is 620 g/mol. The fraction of sp³-hybridized carbons (Fsp3) is 0.553. The lowest BCUT2D eigenvalue weighted by atomic mass is 9.72. The Labute approximate surface area is 272 Å². The van der Waals surface area contributed by atoms with E-state index < -0.39 is 0 Å². The zero-order chi connectivity index (χ0) is 32.6. The summed E-state index contributed by atoms with van der Waals surface area (Å²) in [7, 11) is 1.73. The summed E-state index contributed by atoms with van der Waals surface area (Å²) in [5.74, 6) is 1.63. The lowest BCUT2D eigenvalue weighted by molar-refractivity contribution is -0.122. The maximum Gasteiger partial charge on any atom is 0.250 e. The molecule has 0 saturated heterocycles. The van der Waals surface area contributed by atoms with Gasteiger partial charge in [-0.05, 0) is 86.2 Å². The lowest BCUT2D eigenvalue weighted by Gasteiger charge is -2.33. The number of carbonyl (C=O) groups is 1. The Bertz CT molecular complexity index is 1720. The minimum Gasteiger partial charge on any atom is -0.319 e. The van der Waals surface area contributed by atoms with Gasteiger partial charge in [0.15, 0.2) is 0 Å². The van der Waals surface area contributed by atoms with Crippen LogP contribution in [-0.4, -0.2) is 42.5 Å². The smallest absolute Gasteiger partial charge is 0.250 e. The van der Waals surface area contributed by atoms with Gasteiger partial charge in [0.2, 0.25) is 0 Å². The molecule has 8 nitrogen and oxygen atoms in total. The highest BCUT2D eigenvalue weighted by Crippen LogP contribution is 2.50. The average Bonchev–Trinajstić information content (AvgIpc) is 3.62. The standard InChI is InChI=1S/C38H48N6O2/c1-24-12-17-39-35(24)36-28(37(2,3)4)21-42-32(43-36)19-25-7-9-26(10-8-25)34(31(45)11-14-38(5)15-16-38)30-23-40-29(22-41-30)27-13-18-44(6)33(46)20-27/h12-13,18,20-23,25-26,34H,7-11,14-17,19H2,1-6H3. The molecule has 1 aliphatic heterocycles. The first-order valence-electron chi connectivity index (χ1n) is 17.0. The summed E-state index contributed by atoms with van der Waals surface area (Å²) in [5.41, 5.74) is 6.60. The van der Waals surface area contributed by atoms with Crippen LogP contribution in [-0.2, 0) is 23.7 Å². The Hall–Kier alpha value is -3.81. The summed E-state index contributed by atoms with van der Waals surface area (Å²) in [6.07, 6.45) is 18.2. The zero-order valence-electron chi connectivity index (χ0n) is 28.3. The molecule has 3 aromatic rings. The second-order valence-corrected chi connectivity index (χ2v) is 15.3. The Balaban J connectivity index is 1.17. The van der Waals surface area contributed by atoms with Gasteiger partial charge in [0.25, 0.3) is 5.56 Å². The van der Waals surface area contributed by atoms with E-state index in [0.29, 0.717) is 35.8 Å². The first-order chi connectivity index (χ1) is 21.9. The lowest BCUT2D eigenvalue weighted by Crippen LogP contribution is -2.28. The third kappa shape index (κ3) is 7.11. The molecule has 46 heavy (non-hydrogen) atoms. The molecule has 3 aromatic heterocycles. The van der Waals surface area contributed by atoms with Crippen LogP contribution in [0, 0.1) is 17.3 Å². The van der Waals surface area contributed by atoms with E-state index in [1.54, 1.807) is 31.7 Å². The normalized spacial score (nSPS) is 21.4. The molecule has 242 valence electrons. The van der Waals surface area contributed by atoms with E-state index in [-0.39, 0.29) is 22.8 Å². The molecule has 2 aliphatic carbocycles. The summed E-state index contributed by atoms with van der Waals surface area (Å²) >= 11 is 0. The quantitative estimate of drug-likeness (QED) is 0.243. The number of ketones is 1. The van der Waals surface area contributed by atoms with E-state index in [1.807, 2.05) is 12.3 Å². The number of pyridine rings is 1. The summed E-state index contributed by atoms with van der Waals surface area (Å²) in [4.78, 5) is 50.3. The number of aromatic nitrogens is 5. The Kier molecular flexibility index (Phi) is 8.92. The molecule has 0 amide bonds. The molecular formula is C38H48N6O2. The van der Waals surface area contributed by atoms with Gasteiger partial charge in [-0.2, -0.15) is 0 Å². The van der Waals surface area contributed by atoms with Crippen LogP contribution in [0.3, 0.4) is 0 Å². The highest BCUT2D eigenvalue weighted by Gasteiger charge is 2.40. The molecule has 0 radical (unpaired) electrons. The largest absolute Gasteiger partial charge is 0.319 e. The third-order valence-corrected chi connectivity index (χ3v) is 10.5. The SMILES string of the molecule is CC1=CCN=C1c1nc(CC2CCC(C(C(=O)CCC3(C)CC3)c3cnc(-c4ccn(C)c(=O)c4)cn3)CC2)ncc1C(C)(C)C. The van der Waals surface area contributed by atoms with Gasteiger partial charge in [0.1, 0.15) is 11.6 Å². The summed E-state index contributed by atoms with van der Waals surface area (Å²) < 4.78 is 1.53. The molecule has 2 saturated carbocycles. The van der Waals surface area contributed by atoms with Crippen molar-refractivity contribution in [3.05, 3.63) is 81.7 Å².